The zero-order valence-electron chi connectivity index (χ0n) is 11.4. The first-order chi connectivity index (χ1) is 10.0. The summed E-state index contributed by atoms with van der Waals surface area (Å²) < 4.78 is 38.5. The quantitative estimate of drug-likeness (QED) is 0.887. The van der Waals surface area contributed by atoms with Gasteiger partial charge in [-0.1, -0.05) is 42.5 Å². The van der Waals surface area contributed by atoms with E-state index < -0.39 is 11.7 Å². The Bertz CT molecular complexity index is 567. The van der Waals surface area contributed by atoms with Crippen molar-refractivity contribution in [3.63, 3.8) is 0 Å². The molecule has 0 aliphatic carbocycles. The Kier molecular flexibility index (Phi) is 4.98. The first kappa shape index (κ1) is 15.5. The lowest BCUT2D eigenvalue weighted by Crippen LogP contribution is -2.28. The summed E-state index contributed by atoms with van der Waals surface area (Å²) in [7, 11) is 0. The van der Waals surface area contributed by atoms with Crippen molar-refractivity contribution in [2.24, 2.45) is 5.73 Å². The highest BCUT2D eigenvalue weighted by Gasteiger charge is 2.31. The molecule has 0 bridgehead atoms. The van der Waals surface area contributed by atoms with E-state index in [4.69, 9.17) is 5.73 Å². The number of halogens is 3. The summed E-state index contributed by atoms with van der Waals surface area (Å²) in [6.07, 6.45) is -4.34. The van der Waals surface area contributed by atoms with Crippen LogP contribution in [0.4, 0.5) is 13.2 Å². The molecule has 0 aliphatic heterocycles. The van der Waals surface area contributed by atoms with E-state index in [0.29, 0.717) is 18.7 Å². The molecule has 112 valence electrons. The molecule has 0 saturated carbocycles. The van der Waals surface area contributed by atoms with Gasteiger partial charge >= 0.3 is 6.18 Å². The van der Waals surface area contributed by atoms with Crippen molar-refractivity contribution in [3.05, 3.63) is 71.3 Å². The van der Waals surface area contributed by atoms with Crippen LogP contribution in [0.1, 0.15) is 22.7 Å². The van der Waals surface area contributed by atoms with Crippen molar-refractivity contribution in [1.29, 1.82) is 0 Å². The molecule has 5 heteroatoms. The van der Waals surface area contributed by atoms with E-state index in [1.165, 1.54) is 12.1 Å². The van der Waals surface area contributed by atoms with Crippen LogP contribution in [0.3, 0.4) is 0 Å². The summed E-state index contributed by atoms with van der Waals surface area (Å²) in [6, 6.07) is 14.4. The van der Waals surface area contributed by atoms with E-state index in [-0.39, 0.29) is 6.04 Å². The Morgan fingerprint density at radius 1 is 0.952 bits per heavy atom. The smallest absolute Gasteiger partial charge is 0.329 e. The zero-order valence-corrected chi connectivity index (χ0v) is 11.4. The molecular formula is C16H17F3N2. The molecule has 0 fully saturated rings. The average Bonchev–Trinajstić information content (AvgIpc) is 2.48. The number of rotatable bonds is 5. The van der Waals surface area contributed by atoms with E-state index in [9.17, 15) is 13.2 Å². The molecule has 2 aromatic rings. The number of nitrogens with one attached hydrogen (secondary N) is 1. The molecule has 3 N–H and O–H groups in total. The van der Waals surface area contributed by atoms with Gasteiger partial charge in [0.25, 0.3) is 0 Å². The SMILES string of the molecule is NCCN[C@@H](c1ccccc1)c1cccc(C(F)(F)F)c1. The van der Waals surface area contributed by atoms with Gasteiger partial charge in [0.2, 0.25) is 0 Å². The number of hydrogen-bond acceptors (Lipinski definition) is 2. The Morgan fingerprint density at radius 2 is 1.62 bits per heavy atom. The van der Waals surface area contributed by atoms with Crippen LogP contribution < -0.4 is 11.1 Å². The molecule has 0 amide bonds. The van der Waals surface area contributed by atoms with Crippen LogP contribution in [0, 0.1) is 0 Å². The molecule has 21 heavy (non-hydrogen) atoms. The minimum atomic E-state index is -4.34. The summed E-state index contributed by atoms with van der Waals surface area (Å²) >= 11 is 0. The van der Waals surface area contributed by atoms with Gasteiger partial charge in [0.05, 0.1) is 11.6 Å². The molecule has 1 atom stereocenters. The largest absolute Gasteiger partial charge is 0.416 e. The van der Waals surface area contributed by atoms with Crippen LogP contribution >= 0.6 is 0 Å². The maximum Gasteiger partial charge on any atom is 0.416 e. The molecule has 0 unspecified atom stereocenters. The highest BCUT2D eigenvalue weighted by Crippen LogP contribution is 2.32. The highest BCUT2D eigenvalue weighted by molar-refractivity contribution is 5.35. The topological polar surface area (TPSA) is 38.0 Å². The third kappa shape index (κ3) is 4.06. The minimum Gasteiger partial charge on any atom is -0.329 e. The Morgan fingerprint density at radius 3 is 2.24 bits per heavy atom. The van der Waals surface area contributed by atoms with E-state index in [0.717, 1.165) is 11.6 Å². The van der Waals surface area contributed by atoms with E-state index in [2.05, 4.69) is 5.32 Å². The van der Waals surface area contributed by atoms with Gasteiger partial charge in [-0.25, -0.2) is 0 Å². The Hall–Kier alpha value is -1.85. The van der Waals surface area contributed by atoms with Crippen molar-refractivity contribution in [1.82, 2.24) is 5.32 Å². The number of alkyl halides is 3. The zero-order chi connectivity index (χ0) is 15.3. The van der Waals surface area contributed by atoms with Crippen LogP contribution in [-0.2, 0) is 6.18 Å². The summed E-state index contributed by atoms with van der Waals surface area (Å²) in [5.41, 5.74) is 6.33. The van der Waals surface area contributed by atoms with E-state index >= 15 is 0 Å². The third-order valence-corrected chi connectivity index (χ3v) is 3.17. The summed E-state index contributed by atoms with van der Waals surface area (Å²) in [6.45, 7) is 0.943. The van der Waals surface area contributed by atoms with Crippen molar-refractivity contribution >= 4 is 0 Å². The third-order valence-electron chi connectivity index (χ3n) is 3.17. The van der Waals surface area contributed by atoms with Gasteiger partial charge in [-0.05, 0) is 23.3 Å². The van der Waals surface area contributed by atoms with Gasteiger partial charge in [0, 0.05) is 13.1 Å². The molecule has 2 aromatic carbocycles. The lowest BCUT2D eigenvalue weighted by molar-refractivity contribution is -0.137. The summed E-state index contributed by atoms with van der Waals surface area (Å²) in [5, 5.41) is 3.19. The molecule has 0 spiro atoms. The fourth-order valence-corrected chi connectivity index (χ4v) is 2.20. The fourth-order valence-electron chi connectivity index (χ4n) is 2.20. The molecule has 0 radical (unpaired) electrons. The van der Waals surface area contributed by atoms with Gasteiger partial charge < -0.3 is 11.1 Å². The van der Waals surface area contributed by atoms with Crippen molar-refractivity contribution in [3.8, 4) is 0 Å². The molecule has 2 nitrogen and oxygen atoms in total. The monoisotopic (exact) mass is 294 g/mol. The number of hydrogen-bond donors (Lipinski definition) is 2. The highest BCUT2D eigenvalue weighted by atomic mass is 19.4. The Balaban J connectivity index is 2.37. The molecule has 2 rings (SSSR count). The summed E-state index contributed by atoms with van der Waals surface area (Å²) in [4.78, 5) is 0. The fraction of sp³-hybridized carbons (Fsp3) is 0.250. The van der Waals surface area contributed by atoms with Crippen molar-refractivity contribution in [2.45, 2.75) is 12.2 Å². The first-order valence-electron chi connectivity index (χ1n) is 6.68. The van der Waals surface area contributed by atoms with E-state index in [1.807, 2.05) is 30.3 Å². The van der Waals surface area contributed by atoms with Crippen LogP contribution in [0.25, 0.3) is 0 Å². The lowest BCUT2D eigenvalue weighted by atomic mass is 9.97. The minimum absolute atomic E-state index is 0.308. The molecule has 0 heterocycles. The number of benzene rings is 2. The van der Waals surface area contributed by atoms with Gasteiger partial charge in [0.1, 0.15) is 0 Å². The van der Waals surface area contributed by atoms with Gasteiger partial charge in [-0.3, -0.25) is 0 Å². The Labute approximate surface area is 121 Å². The lowest BCUT2D eigenvalue weighted by Gasteiger charge is -2.20. The maximum absolute atomic E-state index is 12.8. The molecule has 0 aromatic heterocycles. The second kappa shape index (κ2) is 6.74. The predicted octanol–water partition coefficient (Wildman–Crippen LogP) is 3.34. The normalized spacial score (nSPS) is 13.1. The van der Waals surface area contributed by atoms with Crippen LogP contribution in [0.15, 0.2) is 54.6 Å². The predicted molar refractivity (Wildman–Crippen MR) is 76.8 cm³/mol. The second-order valence-corrected chi connectivity index (χ2v) is 4.71. The van der Waals surface area contributed by atoms with Crippen LogP contribution in [0.5, 0.6) is 0 Å². The molecule has 0 saturated heterocycles. The van der Waals surface area contributed by atoms with Crippen LogP contribution in [-0.4, -0.2) is 13.1 Å². The van der Waals surface area contributed by atoms with Gasteiger partial charge in [0.15, 0.2) is 0 Å². The van der Waals surface area contributed by atoms with E-state index in [1.54, 1.807) is 6.07 Å². The molecule has 0 aliphatic rings. The first-order valence-corrected chi connectivity index (χ1v) is 6.68. The van der Waals surface area contributed by atoms with Crippen LogP contribution in [0.2, 0.25) is 0 Å². The standard InChI is InChI=1S/C16H17F3N2/c17-16(18,19)14-8-4-7-13(11-14)15(21-10-9-20)12-5-2-1-3-6-12/h1-8,11,15,21H,9-10,20H2/t15-/m0/s1. The number of nitrogens with two attached hydrogens (primary N) is 1. The second-order valence-electron chi connectivity index (χ2n) is 4.71. The molecular weight excluding hydrogens is 277 g/mol. The average molecular weight is 294 g/mol. The van der Waals surface area contributed by atoms with Crippen molar-refractivity contribution in [2.75, 3.05) is 13.1 Å². The van der Waals surface area contributed by atoms with Gasteiger partial charge in [-0.2, -0.15) is 13.2 Å². The summed E-state index contributed by atoms with van der Waals surface area (Å²) in [5.74, 6) is 0. The maximum atomic E-state index is 12.8. The van der Waals surface area contributed by atoms with Crippen molar-refractivity contribution < 1.29 is 13.2 Å². The van der Waals surface area contributed by atoms with Gasteiger partial charge in [-0.15, -0.1) is 0 Å².